The first-order chi connectivity index (χ1) is 11.4. The molecule has 1 aromatic heterocycles. The van der Waals surface area contributed by atoms with E-state index in [0.717, 1.165) is 0 Å². The molecule has 2 rings (SSSR count). The highest BCUT2D eigenvalue weighted by Gasteiger charge is 2.26. The molecule has 1 heterocycles. The third-order valence-corrected chi connectivity index (χ3v) is 3.42. The van der Waals surface area contributed by atoms with E-state index < -0.39 is 22.6 Å². The molecular weight excluding hydrogens is 318 g/mol. The summed E-state index contributed by atoms with van der Waals surface area (Å²) in [5.41, 5.74) is -0.188. The van der Waals surface area contributed by atoms with Gasteiger partial charge in [-0.15, -0.1) is 0 Å². The Morgan fingerprint density at radius 2 is 2.04 bits per heavy atom. The highest BCUT2D eigenvalue weighted by molar-refractivity contribution is 5.85. The molecular formula is C16H17NO7. The number of rotatable bonds is 6. The molecule has 128 valence electrons. The Morgan fingerprint density at radius 1 is 1.33 bits per heavy atom. The molecule has 0 unspecified atom stereocenters. The lowest BCUT2D eigenvalue weighted by Gasteiger charge is -2.16. The quantitative estimate of drug-likeness (QED) is 0.345. The van der Waals surface area contributed by atoms with Crippen molar-refractivity contribution >= 4 is 22.6 Å². The predicted octanol–water partition coefficient (Wildman–Crippen LogP) is 2.73. The number of ether oxygens (including phenoxy) is 2. The van der Waals surface area contributed by atoms with E-state index in [1.54, 1.807) is 20.8 Å². The smallest absolute Gasteiger partial charge is 0.347 e. The van der Waals surface area contributed by atoms with Gasteiger partial charge in [-0.3, -0.25) is 10.1 Å². The summed E-state index contributed by atoms with van der Waals surface area (Å²) in [6.45, 7) is 5.17. The summed E-state index contributed by atoms with van der Waals surface area (Å²) >= 11 is 0. The summed E-state index contributed by atoms with van der Waals surface area (Å²) in [7, 11) is 0. The van der Waals surface area contributed by atoms with E-state index in [-0.39, 0.29) is 30.0 Å². The fourth-order valence-electron chi connectivity index (χ4n) is 2.26. The third kappa shape index (κ3) is 3.53. The lowest BCUT2D eigenvalue weighted by Crippen LogP contribution is -2.29. The van der Waals surface area contributed by atoms with Crippen LogP contribution in [0.5, 0.6) is 5.75 Å². The van der Waals surface area contributed by atoms with Crippen molar-refractivity contribution in [3.63, 3.8) is 0 Å². The highest BCUT2D eigenvalue weighted by atomic mass is 16.6. The van der Waals surface area contributed by atoms with Crippen molar-refractivity contribution in [2.24, 2.45) is 0 Å². The van der Waals surface area contributed by atoms with Gasteiger partial charge in [0.2, 0.25) is 5.75 Å². The SMILES string of the molecule is CCOC(=O)[C@@H](CC)Oc1cc2oc(=O)cc(C)c2cc1[N+](=O)[O-]. The summed E-state index contributed by atoms with van der Waals surface area (Å²) in [4.78, 5) is 34.0. The van der Waals surface area contributed by atoms with Crippen LogP contribution in [0.1, 0.15) is 25.8 Å². The molecule has 0 spiro atoms. The zero-order valence-corrected chi connectivity index (χ0v) is 13.5. The molecule has 0 N–H and O–H groups in total. The summed E-state index contributed by atoms with van der Waals surface area (Å²) in [6.07, 6.45) is -0.719. The van der Waals surface area contributed by atoms with Crippen molar-refractivity contribution in [3.8, 4) is 5.75 Å². The minimum atomic E-state index is -0.988. The van der Waals surface area contributed by atoms with Crippen molar-refractivity contribution in [2.45, 2.75) is 33.3 Å². The number of hydrogen-bond donors (Lipinski definition) is 0. The molecule has 0 bridgehead atoms. The van der Waals surface area contributed by atoms with E-state index in [2.05, 4.69) is 0 Å². The van der Waals surface area contributed by atoms with Gasteiger partial charge in [0.05, 0.1) is 11.5 Å². The Kier molecular flexibility index (Phi) is 5.18. The molecule has 0 aliphatic rings. The zero-order valence-electron chi connectivity index (χ0n) is 13.5. The van der Waals surface area contributed by atoms with Crippen molar-refractivity contribution in [2.75, 3.05) is 6.61 Å². The van der Waals surface area contributed by atoms with Crippen molar-refractivity contribution in [1.29, 1.82) is 0 Å². The fraction of sp³-hybridized carbons (Fsp3) is 0.375. The van der Waals surface area contributed by atoms with E-state index in [0.29, 0.717) is 10.9 Å². The second-order valence-corrected chi connectivity index (χ2v) is 5.09. The number of hydrogen-bond acceptors (Lipinski definition) is 7. The first kappa shape index (κ1) is 17.5. The second-order valence-electron chi connectivity index (χ2n) is 5.09. The van der Waals surface area contributed by atoms with Crippen molar-refractivity contribution in [3.05, 3.63) is 44.3 Å². The summed E-state index contributed by atoms with van der Waals surface area (Å²) in [6, 6.07) is 3.77. The standard InChI is InChI=1S/C16H17NO7/c1-4-12(16(19)22-5-2)23-14-8-13-10(7-11(14)17(20)21)9(3)6-15(18)24-13/h6-8,12H,4-5H2,1-3H3/t12-/m1/s1. The Morgan fingerprint density at radius 3 is 2.62 bits per heavy atom. The first-order valence-corrected chi connectivity index (χ1v) is 7.43. The Labute approximate surface area is 137 Å². The molecule has 0 aliphatic carbocycles. The van der Waals surface area contributed by atoms with E-state index in [9.17, 15) is 19.7 Å². The first-order valence-electron chi connectivity index (χ1n) is 7.43. The molecule has 8 nitrogen and oxygen atoms in total. The van der Waals surface area contributed by atoms with E-state index in [1.165, 1.54) is 18.2 Å². The van der Waals surface area contributed by atoms with Gasteiger partial charge in [0.25, 0.3) is 0 Å². The van der Waals surface area contributed by atoms with Gasteiger partial charge >= 0.3 is 17.3 Å². The third-order valence-electron chi connectivity index (χ3n) is 3.42. The van der Waals surface area contributed by atoms with Gasteiger partial charge in [-0.25, -0.2) is 9.59 Å². The van der Waals surface area contributed by atoms with Crippen LogP contribution in [-0.4, -0.2) is 23.6 Å². The topological polar surface area (TPSA) is 109 Å². The normalized spacial score (nSPS) is 12.0. The lowest BCUT2D eigenvalue weighted by molar-refractivity contribution is -0.385. The Hall–Kier alpha value is -2.90. The maximum atomic E-state index is 11.8. The molecule has 0 aliphatic heterocycles. The van der Waals surface area contributed by atoms with Crippen LogP contribution in [0.15, 0.2) is 27.4 Å². The molecule has 0 fully saturated rings. The number of fused-ring (bicyclic) bond motifs is 1. The number of carbonyl (C=O) groups is 1. The molecule has 1 atom stereocenters. The van der Waals surface area contributed by atoms with Crippen LogP contribution in [-0.2, 0) is 9.53 Å². The van der Waals surface area contributed by atoms with Gasteiger partial charge in [-0.05, 0) is 25.8 Å². The molecule has 0 saturated carbocycles. The number of carbonyl (C=O) groups excluding carboxylic acids is 1. The molecule has 1 aromatic carbocycles. The molecule has 24 heavy (non-hydrogen) atoms. The largest absolute Gasteiger partial charge is 0.471 e. The predicted molar refractivity (Wildman–Crippen MR) is 85.2 cm³/mol. The van der Waals surface area contributed by atoms with Gasteiger partial charge < -0.3 is 13.9 Å². The number of esters is 1. The van der Waals surface area contributed by atoms with Crippen molar-refractivity contribution < 1.29 is 23.6 Å². The Balaban J connectivity index is 2.55. The minimum Gasteiger partial charge on any atom is -0.471 e. The number of nitro groups is 1. The van der Waals surface area contributed by atoms with Crippen LogP contribution in [0.25, 0.3) is 11.0 Å². The molecule has 0 amide bonds. The number of nitrogens with zero attached hydrogens (tertiary/aromatic N) is 1. The van der Waals surface area contributed by atoms with Gasteiger partial charge in [0.1, 0.15) is 5.58 Å². The monoisotopic (exact) mass is 335 g/mol. The molecule has 2 aromatic rings. The maximum absolute atomic E-state index is 11.8. The lowest BCUT2D eigenvalue weighted by atomic mass is 10.1. The summed E-state index contributed by atoms with van der Waals surface area (Å²) in [5.74, 6) is -0.763. The van der Waals surface area contributed by atoms with Crippen LogP contribution in [0.4, 0.5) is 5.69 Å². The number of benzene rings is 1. The van der Waals surface area contributed by atoms with Gasteiger partial charge in [0.15, 0.2) is 6.10 Å². The summed E-state index contributed by atoms with van der Waals surface area (Å²) in [5, 5.41) is 11.8. The average molecular weight is 335 g/mol. The average Bonchev–Trinajstić information content (AvgIpc) is 2.51. The minimum absolute atomic E-state index is 0.152. The molecule has 0 radical (unpaired) electrons. The van der Waals surface area contributed by atoms with Gasteiger partial charge in [-0.2, -0.15) is 0 Å². The van der Waals surface area contributed by atoms with Gasteiger partial charge in [-0.1, -0.05) is 6.92 Å². The number of aryl methyl sites for hydroxylation is 1. The van der Waals surface area contributed by atoms with Crippen LogP contribution in [0, 0.1) is 17.0 Å². The van der Waals surface area contributed by atoms with E-state index in [1.807, 2.05) is 0 Å². The maximum Gasteiger partial charge on any atom is 0.347 e. The highest BCUT2D eigenvalue weighted by Crippen LogP contribution is 2.34. The fourth-order valence-corrected chi connectivity index (χ4v) is 2.26. The van der Waals surface area contributed by atoms with Gasteiger partial charge in [0, 0.05) is 23.6 Å². The van der Waals surface area contributed by atoms with Crippen LogP contribution >= 0.6 is 0 Å². The molecule has 0 saturated heterocycles. The van der Waals surface area contributed by atoms with E-state index in [4.69, 9.17) is 13.9 Å². The van der Waals surface area contributed by atoms with Crippen LogP contribution in [0.2, 0.25) is 0 Å². The van der Waals surface area contributed by atoms with Crippen molar-refractivity contribution in [1.82, 2.24) is 0 Å². The number of nitro benzene ring substituents is 1. The second kappa shape index (κ2) is 7.12. The van der Waals surface area contributed by atoms with E-state index >= 15 is 0 Å². The molecule has 8 heteroatoms. The summed E-state index contributed by atoms with van der Waals surface area (Å²) < 4.78 is 15.4. The Bertz CT molecular complexity index is 840. The zero-order chi connectivity index (χ0) is 17.9. The van der Waals surface area contributed by atoms with Crippen LogP contribution < -0.4 is 10.4 Å². The van der Waals surface area contributed by atoms with Crippen LogP contribution in [0.3, 0.4) is 0 Å².